The lowest BCUT2D eigenvalue weighted by atomic mass is 9.89. The minimum absolute atomic E-state index is 0.157. The van der Waals surface area contributed by atoms with Crippen LogP contribution in [0.1, 0.15) is 48.3 Å². The molecule has 0 fully saturated rings. The summed E-state index contributed by atoms with van der Waals surface area (Å²) in [5.74, 6) is 1.07. The second-order valence-corrected chi connectivity index (χ2v) is 4.58. The van der Waals surface area contributed by atoms with Crippen molar-refractivity contribution >= 4 is 11.9 Å². The van der Waals surface area contributed by atoms with Crippen LogP contribution in [-0.2, 0) is 4.79 Å². The number of Topliss-reactive ketones (excluding diaryl/α,β-unsaturated/α-hetero) is 1. The maximum atomic E-state index is 11.6. The molecule has 0 heterocycles. The Labute approximate surface area is 89.8 Å². The summed E-state index contributed by atoms with van der Waals surface area (Å²) in [5, 5.41) is 0. The van der Waals surface area contributed by atoms with Crippen LogP contribution < -0.4 is 0 Å². The molecule has 2 aliphatic rings. The van der Waals surface area contributed by atoms with Gasteiger partial charge in [-0.2, -0.15) is 0 Å². The van der Waals surface area contributed by atoms with Crippen molar-refractivity contribution in [2.24, 2.45) is 0 Å². The molecule has 0 aliphatic heterocycles. The lowest BCUT2D eigenvalue weighted by Crippen LogP contribution is -2.04. The Kier molecular flexibility index (Phi) is 1.82. The number of allylic oxidation sites excluding steroid dienone is 1. The van der Waals surface area contributed by atoms with Crippen LogP contribution in [0.3, 0.4) is 0 Å². The van der Waals surface area contributed by atoms with Gasteiger partial charge in [0, 0.05) is 5.92 Å². The molecule has 2 aliphatic carbocycles. The van der Waals surface area contributed by atoms with Gasteiger partial charge in [-0.25, -0.2) is 0 Å². The number of benzene rings is 1. The zero-order valence-corrected chi connectivity index (χ0v) is 8.86. The molecule has 76 valence electrons. The molecule has 0 saturated heterocycles. The Hall–Kier alpha value is -1.37. The summed E-state index contributed by atoms with van der Waals surface area (Å²) in [5.41, 5.74) is 4.06. The summed E-state index contributed by atoms with van der Waals surface area (Å²) in [7, 11) is 0. The summed E-state index contributed by atoms with van der Waals surface area (Å²) in [6.45, 7) is 1.72. The molecule has 1 aromatic rings. The molecule has 2 unspecified atom stereocenters. The molecule has 2 atom stereocenters. The molecule has 15 heavy (non-hydrogen) atoms. The number of ketones is 1. The fraction of sp³-hybridized carbons (Fsp3) is 0.357. The van der Waals surface area contributed by atoms with Crippen LogP contribution in [0.4, 0.5) is 0 Å². The van der Waals surface area contributed by atoms with E-state index in [1.807, 2.05) is 0 Å². The highest BCUT2D eigenvalue weighted by Gasteiger charge is 2.35. The van der Waals surface area contributed by atoms with E-state index in [1.54, 1.807) is 6.92 Å². The molecular formula is C14H14O. The smallest absolute Gasteiger partial charge is 0.137 e. The van der Waals surface area contributed by atoms with Crippen molar-refractivity contribution in [1.29, 1.82) is 0 Å². The van der Waals surface area contributed by atoms with Crippen molar-refractivity contribution in [3.63, 3.8) is 0 Å². The first-order chi connectivity index (χ1) is 7.27. The Balaban J connectivity index is 2.20. The van der Waals surface area contributed by atoms with E-state index in [0.717, 1.165) is 12.8 Å². The summed E-state index contributed by atoms with van der Waals surface area (Å²) >= 11 is 0. The van der Waals surface area contributed by atoms with E-state index in [1.165, 1.54) is 16.7 Å². The van der Waals surface area contributed by atoms with Gasteiger partial charge in [-0.05, 0) is 42.4 Å². The van der Waals surface area contributed by atoms with Crippen LogP contribution in [0.25, 0.3) is 6.08 Å². The first kappa shape index (κ1) is 8.90. The molecule has 0 aromatic heterocycles. The van der Waals surface area contributed by atoms with Gasteiger partial charge in [-0.3, -0.25) is 4.79 Å². The van der Waals surface area contributed by atoms with E-state index < -0.39 is 0 Å². The van der Waals surface area contributed by atoms with Gasteiger partial charge in [-0.1, -0.05) is 30.4 Å². The first-order valence-electron chi connectivity index (χ1n) is 5.57. The third kappa shape index (κ3) is 1.19. The Morgan fingerprint density at radius 2 is 2.27 bits per heavy atom. The Morgan fingerprint density at radius 1 is 1.40 bits per heavy atom. The Morgan fingerprint density at radius 3 is 3.07 bits per heavy atom. The molecule has 1 nitrogen and oxygen atoms in total. The highest BCUT2D eigenvalue weighted by atomic mass is 16.1. The van der Waals surface area contributed by atoms with E-state index in [-0.39, 0.29) is 5.92 Å². The molecule has 0 N–H and O–H groups in total. The summed E-state index contributed by atoms with van der Waals surface area (Å²) in [6.07, 6.45) is 6.55. The highest BCUT2D eigenvalue weighted by Crippen LogP contribution is 2.47. The van der Waals surface area contributed by atoms with Gasteiger partial charge in [0.2, 0.25) is 0 Å². The molecule has 1 heteroatoms. The van der Waals surface area contributed by atoms with Crippen molar-refractivity contribution in [2.45, 2.75) is 31.6 Å². The van der Waals surface area contributed by atoms with Crippen LogP contribution in [0, 0.1) is 0 Å². The van der Waals surface area contributed by atoms with E-state index >= 15 is 0 Å². The van der Waals surface area contributed by atoms with E-state index in [4.69, 9.17) is 0 Å². The van der Waals surface area contributed by atoms with Gasteiger partial charge in [0.1, 0.15) is 5.78 Å². The second-order valence-electron chi connectivity index (χ2n) is 4.58. The third-order valence-electron chi connectivity index (χ3n) is 3.69. The predicted octanol–water partition coefficient (Wildman–Crippen LogP) is 3.26. The molecule has 0 radical (unpaired) electrons. The van der Waals surface area contributed by atoms with Crippen LogP contribution in [-0.4, -0.2) is 5.78 Å². The number of carbonyl (C=O) groups excluding carboxylic acids is 1. The van der Waals surface area contributed by atoms with Gasteiger partial charge >= 0.3 is 0 Å². The molecule has 3 rings (SSSR count). The van der Waals surface area contributed by atoms with Crippen molar-refractivity contribution < 1.29 is 4.79 Å². The van der Waals surface area contributed by atoms with Crippen molar-refractivity contribution in [2.75, 3.05) is 0 Å². The summed E-state index contributed by atoms with van der Waals surface area (Å²) in [6, 6.07) is 6.36. The zero-order valence-electron chi connectivity index (χ0n) is 8.86. The van der Waals surface area contributed by atoms with Crippen molar-refractivity contribution in [1.82, 2.24) is 0 Å². The predicted molar refractivity (Wildman–Crippen MR) is 60.9 cm³/mol. The maximum absolute atomic E-state index is 11.6. The van der Waals surface area contributed by atoms with Crippen LogP contribution in [0.15, 0.2) is 24.3 Å². The minimum Gasteiger partial charge on any atom is -0.299 e. The van der Waals surface area contributed by atoms with E-state index in [9.17, 15) is 4.79 Å². The average Bonchev–Trinajstić information content (AvgIpc) is 2.61. The van der Waals surface area contributed by atoms with Gasteiger partial charge < -0.3 is 0 Å². The lowest BCUT2D eigenvalue weighted by molar-refractivity contribution is -0.118. The molecule has 0 bridgehead atoms. The first-order valence-corrected chi connectivity index (χ1v) is 5.57. The number of hydrogen-bond donors (Lipinski definition) is 0. The largest absolute Gasteiger partial charge is 0.299 e. The normalized spacial score (nSPS) is 26.5. The van der Waals surface area contributed by atoms with Gasteiger partial charge in [0.25, 0.3) is 0 Å². The molecule has 0 saturated carbocycles. The zero-order chi connectivity index (χ0) is 10.4. The minimum atomic E-state index is 0.157. The summed E-state index contributed by atoms with van der Waals surface area (Å²) in [4.78, 5) is 11.6. The highest BCUT2D eigenvalue weighted by molar-refractivity contribution is 5.86. The van der Waals surface area contributed by atoms with Crippen LogP contribution in [0.5, 0.6) is 0 Å². The molecule has 1 aromatic carbocycles. The number of carbonyl (C=O) groups is 1. The monoisotopic (exact) mass is 198 g/mol. The van der Waals surface area contributed by atoms with Gasteiger partial charge in [0.15, 0.2) is 0 Å². The maximum Gasteiger partial charge on any atom is 0.137 e. The molecule has 0 amide bonds. The fourth-order valence-electron chi connectivity index (χ4n) is 3.01. The van der Waals surface area contributed by atoms with Gasteiger partial charge in [0.05, 0.1) is 0 Å². The fourth-order valence-corrected chi connectivity index (χ4v) is 3.01. The number of hydrogen-bond acceptors (Lipinski definition) is 1. The second kappa shape index (κ2) is 3.06. The van der Waals surface area contributed by atoms with Crippen molar-refractivity contribution in [3.05, 3.63) is 41.0 Å². The molecular weight excluding hydrogens is 184 g/mol. The number of rotatable bonds is 1. The van der Waals surface area contributed by atoms with Crippen molar-refractivity contribution in [3.8, 4) is 0 Å². The van der Waals surface area contributed by atoms with E-state index in [0.29, 0.717) is 11.7 Å². The lowest BCUT2D eigenvalue weighted by Gasteiger charge is -2.16. The molecule has 0 spiro atoms. The standard InChI is InChI=1S/C14H14O/c1-9(15)13-8-11-6-2-4-10-5-3-7-12(13)14(10)11/h2-5,7,11,13H,6,8H2,1H3. The quantitative estimate of drug-likeness (QED) is 0.677. The average molecular weight is 198 g/mol. The van der Waals surface area contributed by atoms with Crippen LogP contribution >= 0.6 is 0 Å². The summed E-state index contributed by atoms with van der Waals surface area (Å²) < 4.78 is 0. The third-order valence-corrected chi connectivity index (χ3v) is 3.69. The van der Waals surface area contributed by atoms with Crippen LogP contribution in [0.2, 0.25) is 0 Å². The van der Waals surface area contributed by atoms with Gasteiger partial charge in [-0.15, -0.1) is 0 Å². The topological polar surface area (TPSA) is 17.1 Å². The van der Waals surface area contributed by atoms with E-state index in [2.05, 4.69) is 30.4 Å². The Bertz CT molecular complexity index is 456. The SMILES string of the molecule is CC(=O)C1CC2CC=Cc3cccc1c32.